The van der Waals surface area contributed by atoms with E-state index in [0.29, 0.717) is 13.1 Å². The van der Waals surface area contributed by atoms with E-state index in [-0.39, 0.29) is 28.0 Å². The summed E-state index contributed by atoms with van der Waals surface area (Å²) in [6.07, 6.45) is 1.19. The van der Waals surface area contributed by atoms with Crippen LogP contribution in [-0.2, 0) is 17.1 Å². The maximum Gasteiger partial charge on any atom is 0.329 e. The quantitative estimate of drug-likeness (QED) is 0.715. The predicted octanol–water partition coefficient (Wildman–Crippen LogP) is -1.01. The minimum atomic E-state index is -3.78. The second kappa shape index (κ2) is 5.80. The molecule has 1 aliphatic rings. The molecule has 0 radical (unpaired) electrons. The van der Waals surface area contributed by atoms with Crippen LogP contribution >= 0.6 is 0 Å². The maximum atomic E-state index is 12.9. The Balaban J connectivity index is 2.15. The van der Waals surface area contributed by atoms with Crippen molar-refractivity contribution in [3.8, 4) is 0 Å². The van der Waals surface area contributed by atoms with Gasteiger partial charge in [0.15, 0.2) is 0 Å². The van der Waals surface area contributed by atoms with E-state index < -0.39 is 21.3 Å². The molecule has 1 fully saturated rings. The number of hydrogen-bond acceptors (Lipinski definition) is 6. The fourth-order valence-electron chi connectivity index (χ4n) is 2.86. The lowest BCUT2D eigenvalue weighted by Gasteiger charge is -2.37. The van der Waals surface area contributed by atoms with E-state index in [1.165, 1.54) is 28.2 Å². The minimum Gasteiger partial charge on any atom is -0.311 e. The minimum absolute atomic E-state index is 0.0196. The molecule has 0 aromatic carbocycles. The van der Waals surface area contributed by atoms with Crippen molar-refractivity contribution < 1.29 is 8.42 Å². The summed E-state index contributed by atoms with van der Waals surface area (Å²) < 4.78 is 28.4. The van der Waals surface area contributed by atoms with Gasteiger partial charge in [0.25, 0.3) is 5.56 Å². The molecule has 1 aliphatic heterocycles. The second-order valence-corrected chi connectivity index (χ2v) is 7.85. The number of pyridine rings is 1. The fourth-order valence-corrected chi connectivity index (χ4v) is 4.53. The van der Waals surface area contributed by atoms with Gasteiger partial charge in [-0.05, 0) is 19.9 Å². The van der Waals surface area contributed by atoms with Gasteiger partial charge in [0.1, 0.15) is 10.5 Å². The van der Waals surface area contributed by atoms with Crippen LogP contribution in [0, 0.1) is 0 Å². The lowest BCUT2D eigenvalue weighted by Crippen LogP contribution is -2.57. The molecular formula is C14H19N5O4S. The number of nitrogens with zero attached hydrogens (tertiary/aromatic N) is 3. The summed E-state index contributed by atoms with van der Waals surface area (Å²) in [6, 6.07) is 1.07. The molecule has 0 saturated carbocycles. The van der Waals surface area contributed by atoms with Crippen molar-refractivity contribution >= 4 is 21.1 Å². The normalized spacial score (nSPS) is 22.8. The summed E-state index contributed by atoms with van der Waals surface area (Å²) in [5.74, 6) is 0. The number of sulfonamides is 1. The number of aromatic amines is 1. The Kier molecular flexibility index (Phi) is 4.06. The first-order valence-corrected chi connectivity index (χ1v) is 9.02. The zero-order valence-electron chi connectivity index (χ0n) is 13.6. The average molecular weight is 353 g/mol. The molecule has 0 aliphatic carbocycles. The van der Waals surface area contributed by atoms with Gasteiger partial charge in [-0.1, -0.05) is 0 Å². The smallest absolute Gasteiger partial charge is 0.311 e. The summed E-state index contributed by atoms with van der Waals surface area (Å²) in [4.78, 5) is 29.7. The Hall–Kier alpha value is -2.04. The molecule has 2 atom stereocenters. The summed E-state index contributed by atoms with van der Waals surface area (Å²) in [7, 11) is -2.32. The Morgan fingerprint density at radius 2 is 2.00 bits per heavy atom. The van der Waals surface area contributed by atoms with Crippen LogP contribution in [0.4, 0.5) is 0 Å². The standard InChI is InChI=1S/C14H19N5O4S/c1-8-9(2)19(5-4-15-8)24(22,23)10-6-11-12(16-7-10)18(3)14(21)17-13(11)20/h6-9,15H,4-5H2,1-3H3,(H,17,20,21). The number of hydrogen-bond donors (Lipinski definition) is 2. The first-order valence-electron chi connectivity index (χ1n) is 7.58. The van der Waals surface area contributed by atoms with Gasteiger partial charge in [-0.25, -0.2) is 18.2 Å². The number of rotatable bonds is 2. The van der Waals surface area contributed by atoms with Crippen LogP contribution in [0.15, 0.2) is 26.7 Å². The van der Waals surface area contributed by atoms with Gasteiger partial charge < -0.3 is 5.32 Å². The molecule has 2 aromatic heterocycles. The highest BCUT2D eigenvalue weighted by Crippen LogP contribution is 2.22. The molecule has 0 spiro atoms. The van der Waals surface area contributed by atoms with E-state index in [4.69, 9.17) is 0 Å². The third-order valence-electron chi connectivity index (χ3n) is 4.51. The van der Waals surface area contributed by atoms with Crippen molar-refractivity contribution in [3.05, 3.63) is 33.1 Å². The fraction of sp³-hybridized carbons (Fsp3) is 0.500. The number of H-pyrrole nitrogens is 1. The lowest BCUT2D eigenvalue weighted by atomic mass is 10.1. The number of aryl methyl sites for hydroxylation is 1. The number of fused-ring (bicyclic) bond motifs is 1. The van der Waals surface area contributed by atoms with Crippen LogP contribution in [0.2, 0.25) is 0 Å². The molecular weight excluding hydrogens is 334 g/mol. The van der Waals surface area contributed by atoms with Crippen LogP contribution in [-0.4, -0.2) is 52.4 Å². The third kappa shape index (κ3) is 2.56. The molecule has 3 rings (SSSR count). The molecule has 2 unspecified atom stereocenters. The van der Waals surface area contributed by atoms with Crippen LogP contribution in [0.25, 0.3) is 11.0 Å². The Labute approximate surface area is 138 Å². The van der Waals surface area contributed by atoms with Crippen LogP contribution in [0.1, 0.15) is 13.8 Å². The van der Waals surface area contributed by atoms with E-state index in [9.17, 15) is 18.0 Å². The molecule has 0 bridgehead atoms. The molecule has 2 N–H and O–H groups in total. The van der Waals surface area contributed by atoms with Gasteiger partial charge in [-0.3, -0.25) is 14.3 Å². The van der Waals surface area contributed by atoms with Crippen LogP contribution < -0.4 is 16.6 Å². The van der Waals surface area contributed by atoms with Crippen LogP contribution in [0.5, 0.6) is 0 Å². The molecule has 10 heteroatoms. The highest BCUT2D eigenvalue weighted by Gasteiger charge is 2.34. The summed E-state index contributed by atoms with van der Waals surface area (Å²) in [5.41, 5.74) is -1.11. The Morgan fingerprint density at radius 1 is 1.29 bits per heavy atom. The van der Waals surface area contributed by atoms with Crippen molar-refractivity contribution in [2.45, 2.75) is 30.8 Å². The van der Waals surface area contributed by atoms with Gasteiger partial charge in [0.2, 0.25) is 10.0 Å². The van der Waals surface area contributed by atoms with E-state index in [1.54, 1.807) is 0 Å². The van der Waals surface area contributed by atoms with Crippen LogP contribution in [0.3, 0.4) is 0 Å². The third-order valence-corrected chi connectivity index (χ3v) is 6.46. The zero-order valence-corrected chi connectivity index (χ0v) is 14.4. The highest BCUT2D eigenvalue weighted by atomic mass is 32.2. The molecule has 3 heterocycles. The first kappa shape index (κ1) is 16.8. The van der Waals surface area contributed by atoms with Crippen molar-refractivity contribution in [1.29, 1.82) is 0 Å². The van der Waals surface area contributed by atoms with Crippen molar-refractivity contribution in [3.63, 3.8) is 0 Å². The van der Waals surface area contributed by atoms with Crippen molar-refractivity contribution in [2.24, 2.45) is 7.05 Å². The zero-order chi connectivity index (χ0) is 17.6. The average Bonchev–Trinajstić information content (AvgIpc) is 2.54. The van der Waals surface area contributed by atoms with E-state index >= 15 is 0 Å². The summed E-state index contributed by atoms with van der Waals surface area (Å²) in [5, 5.41) is 3.29. The van der Waals surface area contributed by atoms with Gasteiger partial charge in [-0.2, -0.15) is 4.31 Å². The highest BCUT2D eigenvalue weighted by molar-refractivity contribution is 7.89. The van der Waals surface area contributed by atoms with Gasteiger partial charge >= 0.3 is 5.69 Å². The number of nitrogens with one attached hydrogen (secondary N) is 2. The van der Waals surface area contributed by atoms with E-state index in [0.717, 1.165) is 0 Å². The van der Waals surface area contributed by atoms with E-state index in [2.05, 4.69) is 15.3 Å². The lowest BCUT2D eigenvalue weighted by molar-refractivity contribution is 0.233. The number of piperazine rings is 1. The van der Waals surface area contributed by atoms with Crippen molar-refractivity contribution in [2.75, 3.05) is 13.1 Å². The molecule has 1 saturated heterocycles. The van der Waals surface area contributed by atoms with Crippen molar-refractivity contribution in [1.82, 2.24) is 24.2 Å². The first-order chi connectivity index (χ1) is 11.2. The molecule has 130 valence electrons. The van der Waals surface area contributed by atoms with Gasteiger partial charge in [-0.15, -0.1) is 0 Å². The summed E-state index contributed by atoms with van der Waals surface area (Å²) >= 11 is 0. The topological polar surface area (TPSA) is 117 Å². The van der Waals surface area contributed by atoms with E-state index in [1.807, 2.05) is 13.8 Å². The molecule has 9 nitrogen and oxygen atoms in total. The molecule has 2 aromatic rings. The summed E-state index contributed by atoms with van der Waals surface area (Å²) in [6.45, 7) is 4.65. The SMILES string of the molecule is CC1NCCN(S(=O)(=O)c2cnc3c(c2)c(=O)[nH]c(=O)n3C)C1C. The van der Waals surface area contributed by atoms with Gasteiger partial charge in [0.05, 0.1) is 5.39 Å². The largest absolute Gasteiger partial charge is 0.329 e. The number of aromatic nitrogens is 3. The molecule has 0 amide bonds. The Bertz CT molecular complexity index is 1010. The predicted molar refractivity (Wildman–Crippen MR) is 88.4 cm³/mol. The maximum absolute atomic E-state index is 12.9. The second-order valence-electron chi connectivity index (χ2n) is 5.96. The Morgan fingerprint density at radius 3 is 2.71 bits per heavy atom. The monoisotopic (exact) mass is 353 g/mol. The van der Waals surface area contributed by atoms with Gasteiger partial charge in [0, 0.05) is 38.4 Å². The molecule has 24 heavy (non-hydrogen) atoms.